The van der Waals surface area contributed by atoms with Gasteiger partial charge in [-0.3, -0.25) is 0 Å². The van der Waals surface area contributed by atoms with Crippen molar-refractivity contribution in [2.24, 2.45) is 17.1 Å². The molecule has 19 heavy (non-hydrogen) atoms. The molecular weight excluding hydrogens is 236 g/mol. The predicted octanol–water partition coefficient (Wildman–Crippen LogP) is 3.14. The van der Waals surface area contributed by atoms with Crippen LogP contribution in [0.1, 0.15) is 31.7 Å². The van der Waals surface area contributed by atoms with E-state index in [1.165, 1.54) is 19.3 Å². The Kier molecular flexibility index (Phi) is 2.85. The van der Waals surface area contributed by atoms with Crippen LogP contribution in [0.25, 0.3) is 5.57 Å². The molecule has 2 unspecified atom stereocenters. The van der Waals surface area contributed by atoms with Gasteiger partial charge >= 0.3 is 0 Å². The van der Waals surface area contributed by atoms with E-state index >= 15 is 0 Å². The summed E-state index contributed by atoms with van der Waals surface area (Å²) in [6, 6.07) is 3.94. The second-order valence-corrected chi connectivity index (χ2v) is 5.69. The van der Waals surface area contributed by atoms with Crippen LogP contribution < -0.4 is 10.5 Å². The quantitative estimate of drug-likeness (QED) is 0.884. The number of allylic oxidation sites excluding steroid dienone is 4. The maximum absolute atomic E-state index is 6.49. The van der Waals surface area contributed by atoms with Gasteiger partial charge in [-0.25, -0.2) is 4.98 Å². The second kappa shape index (κ2) is 4.41. The summed E-state index contributed by atoms with van der Waals surface area (Å²) in [5, 5.41) is 0. The van der Waals surface area contributed by atoms with Crippen molar-refractivity contribution in [3.8, 4) is 5.88 Å². The van der Waals surface area contributed by atoms with Gasteiger partial charge in [-0.05, 0) is 30.4 Å². The van der Waals surface area contributed by atoms with Crippen molar-refractivity contribution in [2.75, 3.05) is 7.11 Å². The zero-order valence-corrected chi connectivity index (χ0v) is 11.5. The van der Waals surface area contributed by atoms with Crippen LogP contribution in [0.5, 0.6) is 5.88 Å². The lowest BCUT2D eigenvalue weighted by Gasteiger charge is -2.35. The van der Waals surface area contributed by atoms with E-state index < -0.39 is 0 Å². The number of fused-ring (bicyclic) bond motifs is 1. The molecule has 0 aromatic carbocycles. The van der Waals surface area contributed by atoms with Crippen LogP contribution in [-0.4, -0.2) is 12.1 Å². The lowest BCUT2D eigenvalue weighted by molar-refractivity contribution is 0.332. The van der Waals surface area contributed by atoms with Crippen molar-refractivity contribution in [3.05, 3.63) is 41.7 Å². The molecule has 0 saturated heterocycles. The third-order valence-electron chi connectivity index (χ3n) is 4.69. The highest BCUT2D eigenvalue weighted by atomic mass is 16.5. The number of ether oxygens (including phenoxy) is 1. The first kappa shape index (κ1) is 12.3. The highest BCUT2D eigenvalue weighted by Crippen LogP contribution is 2.51. The van der Waals surface area contributed by atoms with Crippen LogP contribution in [0, 0.1) is 11.3 Å². The predicted molar refractivity (Wildman–Crippen MR) is 76.5 cm³/mol. The van der Waals surface area contributed by atoms with E-state index in [0.29, 0.717) is 11.8 Å². The molecule has 1 aromatic rings. The SMILES string of the molecule is COc1cc(C2=C(N)C3(C)CCCC3C=C2)ccn1. The number of rotatable bonds is 2. The number of nitrogens with zero attached hydrogens (tertiary/aromatic N) is 1. The number of methoxy groups -OCH3 is 1. The van der Waals surface area contributed by atoms with Crippen LogP contribution in [0.4, 0.5) is 0 Å². The Morgan fingerprint density at radius 3 is 3.11 bits per heavy atom. The first-order valence-corrected chi connectivity index (χ1v) is 6.84. The summed E-state index contributed by atoms with van der Waals surface area (Å²) in [6.07, 6.45) is 9.96. The van der Waals surface area contributed by atoms with Crippen LogP contribution >= 0.6 is 0 Å². The summed E-state index contributed by atoms with van der Waals surface area (Å²) in [5.41, 5.74) is 9.85. The third-order valence-corrected chi connectivity index (χ3v) is 4.69. The molecule has 0 aliphatic heterocycles. The zero-order valence-electron chi connectivity index (χ0n) is 11.5. The highest BCUT2D eigenvalue weighted by Gasteiger charge is 2.42. The van der Waals surface area contributed by atoms with E-state index in [9.17, 15) is 0 Å². The summed E-state index contributed by atoms with van der Waals surface area (Å²) in [5.74, 6) is 1.23. The zero-order chi connectivity index (χ0) is 13.5. The Morgan fingerprint density at radius 1 is 1.47 bits per heavy atom. The fourth-order valence-corrected chi connectivity index (χ4v) is 3.39. The van der Waals surface area contributed by atoms with Crippen molar-refractivity contribution >= 4 is 5.57 Å². The van der Waals surface area contributed by atoms with Gasteiger partial charge in [0.15, 0.2) is 0 Å². The van der Waals surface area contributed by atoms with Gasteiger partial charge in [0, 0.05) is 28.9 Å². The smallest absolute Gasteiger partial charge is 0.213 e. The van der Waals surface area contributed by atoms with Crippen molar-refractivity contribution in [1.29, 1.82) is 0 Å². The Hall–Kier alpha value is -1.77. The molecule has 1 heterocycles. The van der Waals surface area contributed by atoms with E-state index in [0.717, 1.165) is 16.8 Å². The molecule has 100 valence electrons. The average molecular weight is 256 g/mol. The summed E-state index contributed by atoms with van der Waals surface area (Å²) < 4.78 is 5.19. The topological polar surface area (TPSA) is 48.1 Å². The molecular formula is C16H20N2O. The van der Waals surface area contributed by atoms with E-state index in [-0.39, 0.29) is 5.41 Å². The van der Waals surface area contributed by atoms with E-state index in [2.05, 4.69) is 24.1 Å². The Bertz CT molecular complexity index is 562. The molecule has 2 aliphatic rings. The molecule has 2 aliphatic carbocycles. The Balaban J connectivity index is 2.06. The van der Waals surface area contributed by atoms with E-state index in [1.807, 2.05) is 12.1 Å². The molecule has 0 amide bonds. The van der Waals surface area contributed by atoms with E-state index in [4.69, 9.17) is 10.5 Å². The first-order valence-electron chi connectivity index (χ1n) is 6.84. The van der Waals surface area contributed by atoms with Crippen LogP contribution in [0.3, 0.4) is 0 Å². The molecule has 2 atom stereocenters. The molecule has 1 fully saturated rings. The van der Waals surface area contributed by atoms with Crippen LogP contribution in [0.15, 0.2) is 36.2 Å². The minimum absolute atomic E-state index is 0.126. The summed E-state index contributed by atoms with van der Waals surface area (Å²) >= 11 is 0. The number of pyridine rings is 1. The van der Waals surface area contributed by atoms with Gasteiger partial charge in [0.25, 0.3) is 0 Å². The second-order valence-electron chi connectivity index (χ2n) is 5.69. The lowest BCUT2D eigenvalue weighted by Crippen LogP contribution is -2.31. The maximum atomic E-state index is 6.49. The molecule has 3 nitrogen and oxygen atoms in total. The lowest BCUT2D eigenvalue weighted by atomic mass is 9.71. The molecule has 2 N–H and O–H groups in total. The maximum Gasteiger partial charge on any atom is 0.213 e. The Labute approximate surface area is 114 Å². The molecule has 3 heteroatoms. The fraction of sp³-hybridized carbons (Fsp3) is 0.438. The number of nitrogens with two attached hydrogens (primary N) is 1. The largest absolute Gasteiger partial charge is 0.481 e. The molecule has 3 rings (SSSR count). The molecule has 1 saturated carbocycles. The number of hydrogen-bond donors (Lipinski definition) is 1. The molecule has 0 radical (unpaired) electrons. The summed E-state index contributed by atoms with van der Waals surface area (Å²) in [4.78, 5) is 4.15. The molecule has 0 spiro atoms. The summed E-state index contributed by atoms with van der Waals surface area (Å²) in [6.45, 7) is 2.29. The standard InChI is InChI=1S/C16H20N2O/c1-16-8-3-4-12(16)5-6-13(15(16)17)11-7-9-18-14(10-11)19-2/h5-7,9-10,12H,3-4,8,17H2,1-2H3. The van der Waals surface area contributed by atoms with Gasteiger partial charge in [-0.2, -0.15) is 0 Å². The van der Waals surface area contributed by atoms with Crippen molar-refractivity contribution < 1.29 is 4.74 Å². The molecule has 0 bridgehead atoms. The van der Waals surface area contributed by atoms with E-state index in [1.54, 1.807) is 13.3 Å². The number of hydrogen-bond acceptors (Lipinski definition) is 3. The monoisotopic (exact) mass is 256 g/mol. The van der Waals surface area contributed by atoms with Gasteiger partial charge in [-0.1, -0.05) is 25.5 Å². The van der Waals surface area contributed by atoms with Gasteiger partial charge in [-0.15, -0.1) is 0 Å². The Morgan fingerprint density at radius 2 is 2.32 bits per heavy atom. The van der Waals surface area contributed by atoms with Crippen molar-refractivity contribution in [3.63, 3.8) is 0 Å². The van der Waals surface area contributed by atoms with Gasteiger partial charge in [0.1, 0.15) is 0 Å². The van der Waals surface area contributed by atoms with Crippen LogP contribution in [-0.2, 0) is 0 Å². The minimum Gasteiger partial charge on any atom is -0.481 e. The van der Waals surface area contributed by atoms with Gasteiger partial charge in [0.05, 0.1) is 7.11 Å². The minimum atomic E-state index is 0.126. The molecule has 1 aromatic heterocycles. The normalized spacial score (nSPS) is 29.5. The van der Waals surface area contributed by atoms with Crippen molar-refractivity contribution in [2.45, 2.75) is 26.2 Å². The van der Waals surface area contributed by atoms with Gasteiger partial charge < -0.3 is 10.5 Å². The first-order chi connectivity index (χ1) is 9.15. The highest BCUT2D eigenvalue weighted by molar-refractivity contribution is 5.78. The summed E-state index contributed by atoms with van der Waals surface area (Å²) in [7, 11) is 1.63. The van der Waals surface area contributed by atoms with Gasteiger partial charge in [0.2, 0.25) is 5.88 Å². The average Bonchev–Trinajstić information content (AvgIpc) is 2.82. The van der Waals surface area contributed by atoms with Crippen molar-refractivity contribution in [1.82, 2.24) is 4.98 Å². The fourth-order valence-electron chi connectivity index (χ4n) is 3.39. The third kappa shape index (κ3) is 1.84. The number of aromatic nitrogens is 1. The van der Waals surface area contributed by atoms with Crippen LogP contribution in [0.2, 0.25) is 0 Å².